The molecule has 3 aromatic rings. The molecule has 2 heterocycles. The second-order valence-corrected chi connectivity index (χ2v) is 9.74. The number of nitrogens with one attached hydrogen (secondary N) is 2. The Morgan fingerprint density at radius 3 is 2.45 bits per heavy atom. The van der Waals surface area contributed by atoms with Gasteiger partial charge < -0.3 is 10.6 Å². The van der Waals surface area contributed by atoms with Crippen molar-refractivity contribution in [3.63, 3.8) is 0 Å². The zero-order chi connectivity index (χ0) is 23.2. The molecule has 0 aliphatic heterocycles. The lowest BCUT2D eigenvalue weighted by molar-refractivity contribution is -0.126. The third-order valence-electron chi connectivity index (χ3n) is 5.52. The highest BCUT2D eigenvalue weighted by Crippen LogP contribution is 2.32. The molecule has 0 unspecified atom stereocenters. The number of halogens is 1. The summed E-state index contributed by atoms with van der Waals surface area (Å²) in [7, 11) is 0. The van der Waals surface area contributed by atoms with Crippen LogP contribution in [-0.2, 0) is 9.59 Å². The number of carbonyl (C=O) groups excluding carboxylic acids is 3. The maximum atomic E-state index is 14.1. The molecule has 3 amide bonds. The largest absolute Gasteiger partial charge is 0.351 e. The van der Waals surface area contributed by atoms with Crippen molar-refractivity contribution in [3.05, 3.63) is 74.9 Å². The molecule has 0 bridgehead atoms. The van der Waals surface area contributed by atoms with Gasteiger partial charge in [-0.3, -0.25) is 19.3 Å². The molecule has 1 saturated carbocycles. The molecule has 1 aliphatic rings. The van der Waals surface area contributed by atoms with Crippen LogP contribution in [0, 0.1) is 5.82 Å². The Morgan fingerprint density at radius 2 is 1.79 bits per heavy atom. The van der Waals surface area contributed by atoms with Crippen LogP contribution in [0.15, 0.2) is 59.3 Å². The van der Waals surface area contributed by atoms with E-state index in [1.54, 1.807) is 29.6 Å². The highest BCUT2D eigenvalue weighted by atomic mass is 32.1. The van der Waals surface area contributed by atoms with Crippen LogP contribution in [0.2, 0.25) is 0 Å². The molecule has 1 atom stereocenters. The molecule has 4 rings (SSSR count). The summed E-state index contributed by atoms with van der Waals surface area (Å²) in [6, 6.07) is 11.7. The summed E-state index contributed by atoms with van der Waals surface area (Å²) in [5.41, 5.74) is 0.255. The first kappa shape index (κ1) is 23.1. The monoisotopic (exact) mass is 485 g/mol. The molecule has 9 heteroatoms. The standard InChI is InChI=1S/C24H24FN3O3S2/c25-16-6-3-9-18(14-16)28(21(29)15-26-23(30)20-11-5-13-33-20)22(19-10-4-12-32-19)24(31)27-17-7-1-2-8-17/h3-6,9-14,17,22H,1-2,7-8,15H2,(H,26,30)(H,27,31)/t22-/m1/s1. The van der Waals surface area contributed by atoms with Gasteiger partial charge in [0.05, 0.1) is 11.4 Å². The SMILES string of the molecule is O=C(NCC(=O)N(c1cccc(F)c1)[C@@H](C(=O)NC1CCCC1)c1cccs1)c1cccs1. The smallest absolute Gasteiger partial charge is 0.261 e. The molecule has 1 aromatic carbocycles. The van der Waals surface area contributed by atoms with Gasteiger partial charge in [-0.05, 0) is 53.9 Å². The molecule has 0 saturated heterocycles. The minimum absolute atomic E-state index is 0.0583. The molecule has 0 spiro atoms. The van der Waals surface area contributed by atoms with Gasteiger partial charge in [-0.25, -0.2) is 4.39 Å². The van der Waals surface area contributed by atoms with Gasteiger partial charge in [0.2, 0.25) is 11.8 Å². The van der Waals surface area contributed by atoms with Crippen molar-refractivity contribution in [1.29, 1.82) is 0 Å². The van der Waals surface area contributed by atoms with Crippen LogP contribution in [0.25, 0.3) is 0 Å². The quantitative estimate of drug-likeness (QED) is 0.493. The molecular formula is C24H24FN3O3S2. The van der Waals surface area contributed by atoms with Crippen molar-refractivity contribution >= 4 is 46.1 Å². The van der Waals surface area contributed by atoms with Crippen molar-refractivity contribution in [2.75, 3.05) is 11.4 Å². The maximum Gasteiger partial charge on any atom is 0.261 e. The second kappa shape index (κ2) is 10.7. The van der Waals surface area contributed by atoms with E-state index in [1.807, 2.05) is 11.4 Å². The van der Waals surface area contributed by atoms with Crippen LogP contribution >= 0.6 is 22.7 Å². The van der Waals surface area contributed by atoms with Crippen LogP contribution in [0.5, 0.6) is 0 Å². The number of anilines is 1. The molecule has 33 heavy (non-hydrogen) atoms. The number of rotatable bonds is 8. The third-order valence-corrected chi connectivity index (χ3v) is 7.31. The Labute approximate surface area is 199 Å². The maximum absolute atomic E-state index is 14.1. The van der Waals surface area contributed by atoms with Gasteiger partial charge in [0.25, 0.3) is 5.91 Å². The van der Waals surface area contributed by atoms with Gasteiger partial charge >= 0.3 is 0 Å². The van der Waals surface area contributed by atoms with Crippen molar-refractivity contribution in [2.24, 2.45) is 0 Å². The van der Waals surface area contributed by atoms with E-state index in [0.717, 1.165) is 25.7 Å². The Morgan fingerprint density at radius 1 is 1.03 bits per heavy atom. The van der Waals surface area contributed by atoms with Gasteiger partial charge in [0.15, 0.2) is 0 Å². The van der Waals surface area contributed by atoms with Crippen molar-refractivity contribution < 1.29 is 18.8 Å². The number of hydrogen-bond donors (Lipinski definition) is 2. The van der Waals surface area contributed by atoms with Gasteiger partial charge in [-0.15, -0.1) is 22.7 Å². The average Bonchev–Trinajstić information content (AvgIpc) is 3.58. The van der Waals surface area contributed by atoms with Crippen LogP contribution in [0.1, 0.15) is 46.3 Å². The molecule has 1 fully saturated rings. The summed E-state index contributed by atoms with van der Waals surface area (Å²) >= 11 is 2.62. The van der Waals surface area contributed by atoms with Crippen molar-refractivity contribution in [1.82, 2.24) is 10.6 Å². The number of carbonyl (C=O) groups is 3. The fraction of sp³-hybridized carbons (Fsp3) is 0.292. The summed E-state index contributed by atoms with van der Waals surface area (Å²) in [6.07, 6.45) is 3.90. The summed E-state index contributed by atoms with van der Waals surface area (Å²) < 4.78 is 14.1. The lowest BCUT2D eigenvalue weighted by Crippen LogP contribution is -2.49. The molecule has 2 N–H and O–H groups in total. The van der Waals surface area contributed by atoms with Gasteiger partial charge in [0, 0.05) is 16.6 Å². The van der Waals surface area contributed by atoms with Gasteiger partial charge in [-0.2, -0.15) is 0 Å². The van der Waals surface area contributed by atoms with Gasteiger partial charge in [-0.1, -0.05) is 31.0 Å². The minimum atomic E-state index is -0.974. The van der Waals surface area contributed by atoms with Crippen LogP contribution < -0.4 is 15.5 Å². The molecule has 0 radical (unpaired) electrons. The fourth-order valence-corrected chi connectivity index (χ4v) is 5.42. The summed E-state index contributed by atoms with van der Waals surface area (Å²) in [4.78, 5) is 41.7. The second-order valence-electron chi connectivity index (χ2n) is 7.81. The first-order valence-electron chi connectivity index (χ1n) is 10.8. The van der Waals surface area contributed by atoms with Crippen molar-refractivity contribution in [3.8, 4) is 0 Å². The van der Waals surface area contributed by atoms with E-state index in [1.165, 1.54) is 45.8 Å². The summed E-state index contributed by atoms with van der Waals surface area (Å²) in [5.74, 6) is -1.72. The molecule has 1 aliphatic carbocycles. The Balaban J connectivity index is 1.63. The van der Waals surface area contributed by atoms with E-state index in [-0.39, 0.29) is 30.1 Å². The number of hydrogen-bond acceptors (Lipinski definition) is 5. The average molecular weight is 486 g/mol. The van der Waals surface area contributed by atoms with Crippen LogP contribution in [-0.4, -0.2) is 30.3 Å². The Hall–Kier alpha value is -3.04. The van der Waals surface area contributed by atoms with E-state index in [2.05, 4.69) is 10.6 Å². The van der Waals surface area contributed by atoms with E-state index in [9.17, 15) is 18.8 Å². The molecule has 172 valence electrons. The first-order valence-corrected chi connectivity index (χ1v) is 12.5. The van der Waals surface area contributed by atoms with Crippen LogP contribution in [0.3, 0.4) is 0 Å². The molecule has 2 aromatic heterocycles. The number of benzene rings is 1. The highest BCUT2D eigenvalue weighted by Gasteiger charge is 2.35. The lowest BCUT2D eigenvalue weighted by Gasteiger charge is -2.31. The first-order chi connectivity index (χ1) is 16.0. The third kappa shape index (κ3) is 5.66. The topological polar surface area (TPSA) is 78.5 Å². The van der Waals surface area contributed by atoms with Crippen LogP contribution in [0.4, 0.5) is 10.1 Å². The van der Waals surface area contributed by atoms with E-state index in [0.29, 0.717) is 9.75 Å². The van der Waals surface area contributed by atoms with Gasteiger partial charge in [0.1, 0.15) is 11.9 Å². The highest BCUT2D eigenvalue weighted by molar-refractivity contribution is 7.12. The fourth-order valence-electron chi connectivity index (χ4n) is 3.97. The van der Waals surface area contributed by atoms with E-state index < -0.39 is 17.8 Å². The van der Waals surface area contributed by atoms with E-state index >= 15 is 0 Å². The number of thiophene rings is 2. The minimum Gasteiger partial charge on any atom is -0.351 e. The Kier molecular flexibility index (Phi) is 7.51. The lowest BCUT2D eigenvalue weighted by atomic mass is 10.1. The summed E-state index contributed by atoms with van der Waals surface area (Å²) in [5, 5.41) is 9.29. The number of nitrogens with zero attached hydrogens (tertiary/aromatic N) is 1. The zero-order valence-corrected chi connectivity index (χ0v) is 19.5. The predicted molar refractivity (Wildman–Crippen MR) is 128 cm³/mol. The summed E-state index contributed by atoms with van der Waals surface area (Å²) in [6.45, 7) is -0.328. The Bertz CT molecular complexity index is 1100. The number of amides is 3. The predicted octanol–water partition coefficient (Wildman–Crippen LogP) is 4.51. The molecular weight excluding hydrogens is 461 g/mol. The zero-order valence-electron chi connectivity index (χ0n) is 17.8. The van der Waals surface area contributed by atoms with Crippen molar-refractivity contribution in [2.45, 2.75) is 37.8 Å². The molecule has 6 nitrogen and oxygen atoms in total. The normalized spacial score (nSPS) is 14.6. The van der Waals surface area contributed by atoms with E-state index in [4.69, 9.17) is 0 Å².